The zero-order valence-electron chi connectivity index (χ0n) is 21.0. The molecule has 0 aliphatic carbocycles. The van der Waals surface area contributed by atoms with E-state index in [4.69, 9.17) is 41.8 Å². The van der Waals surface area contributed by atoms with Gasteiger partial charge in [0.05, 0.1) is 25.9 Å². The summed E-state index contributed by atoms with van der Waals surface area (Å²) in [6, 6.07) is 0. The molecule has 2 aliphatic heterocycles. The molecular formula is C20H23F2N10O8PS. The van der Waals surface area contributed by atoms with E-state index in [1.54, 1.807) is 0 Å². The molecule has 6 heterocycles. The van der Waals surface area contributed by atoms with Crippen molar-refractivity contribution in [3.8, 4) is 0 Å². The Morgan fingerprint density at radius 1 is 1.05 bits per heavy atom. The van der Waals surface area contributed by atoms with Crippen LogP contribution in [0, 0.1) is 0 Å². The number of nitrogens with one attached hydrogen (secondary N) is 1. The van der Waals surface area contributed by atoms with Crippen LogP contribution in [0.15, 0.2) is 23.8 Å². The monoisotopic (exact) mass is 632 g/mol. The lowest BCUT2D eigenvalue weighted by Gasteiger charge is -2.26. The highest BCUT2D eigenvalue weighted by molar-refractivity contribution is 8.07. The van der Waals surface area contributed by atoms with Gasteiger partial charge >= 0.3 is 6.72 Å². The van der Waals surface area contributed by atoms with Crippen molar-refractivity contribution in [1.82, 2.24) is 39.0 Å². The van der Waals surface area contributed by atoms with Crippen LogP contribution in [0.2, 0.25) is 0 Å². The number of ether oxygens (including phenoxy) is 2. The van der Waals surface area contributed by atoms with Gasteiger partial charge in [0.2, 0.25) is 5.95 Å². The third-order valence-electron chi connectivity index (χ3n) is 6.78. The minimum atomic E-state index is -4.34. The summed E-state index contributed by atoms with van der Waals surface area (Å²) in [7, 11) is 0. The number of aromatic amines is 1. The van der Waals surface area contributed by atoms with Crippen LogP contribution in [0.4, 0.5) is 20.5 Å². The third kappa shape index (κ3) is 4.91. The van der Waals surface area contributed by atoms with Crippen LogP contribution < -0.4 is 17.0 Å². The Morgan fingerprint density at radius 2 is 1.74 bits per heavy atom. The second kappa shape index (κ2) is 10.8. The van der Waals surface area contributed by atoms with Crippen molar-refractivity contribution in [2.45, 2.75) is 49.2 Å². The molecule has 226 valence electrons. The molecule has 22 heteroatoms. The second-order valence-electron chi connectivity index (χ2n) is 9.38. The fourth-order valence-electron chi connectivity index (χ4n) is 4.78. The number of nitrogens with two attached hydrogens (primary N) is 2. The number of fused-ring (bicyclic) bond motifs is 2. The molecule has 2 unspecified atom stereocenters. The topological polar surface area (TPSA) is 257 Å². The number of imidazole rings is 2. The van der Waals surface area contributed by atoms with Gasteiger partial charge in [-0.15, -0.1) is 0 Å². The number of aliphatic hydroxyl groups excluding tert-OH is 2. The van der Waals surface area contributed by atoms with Gasteiger partial charge in [-0.1, -0.05) is 0 Å². The SMILES string of the molecule is Nc1nc2c(ncn2[C@@H]2O[C@H](CO)[C@@H](F)[C@H]2OP(O)(=S)OC[C@H]2OC(n3cnc4c(N)ncnc43)[C@H](F)[C@@H]2O)c(=O)[nH]1. The molecule has 0 radical (unpaired) electrons. The first-order chi connectivity index (χ1) is 20.0. The molecule has 2 saturated heterocycles. The fourth-order valence-corrected chi connectivity index (χ4v) is 6.19. The highest BCUT2D eigenvalue weighted by atomic mass is 32.5. The van der Waals surface area contributed by atoms with Crippen LogP contribution in [0.3, 0.4) is 0 Å². The molecule has 9 atom stereocenters. The maximum absolute atomic E-state index is 15.3. The molecule has 2 fully saturated rings. The van der Waals surface area contributed by atoms with E-state index in [0.717, 1.165) is 17.2 Å². The molecule has 0 aromatic carbocycles. The number of anilines is 2. The molecule has 2 aliphatic rings. The van der Waals surface area contributed by atoms with Crippen molar-refractivity contribution in [2.24, 2.45) is 0 Å². The van der Waals surface area contributed by atoms with Crippen LogP contribution in [-0.4, -0.2) is 104 Å². The highest BCUT2D eigenvalue weighted by Gasteiger charge is 2.51. The largest absolute Gasteiger partial charge is 0.394 e. The van der Waals surface area contributed by atoms with Gasteiger partial charge in [0.15, 0.2) is 47.4 Å². The highest BCUT2D eigenvalue weighted by Crippen LogP contribution is 2.51. The van der Waals surface area contributed by atoms with Crippen LogP contribution in [0.5, 0.6) is 0 Å². The van der Waals surface area contributed by atoms with Crippen molar-refractivity contribution in [1.29, 1.82) is 0 Å². The number of aliphatic hydroxyl groups is 2. The van der Waals surface area contributed by atoms with Crippen molar-refractivity contribution in [3.05, 3.63) is 29.3 Å². The fraction of sp³-hybridized carbons (Fsp3) is 0.500. The number of alkyl halides is 2. The average Bonchev–Trinajstić information content (AvgIpc) is 3.69. The van der Waals surface area contributed by atoms with E-state index >= 15 is 8.78 Å². The van der Waals surface area contributed by atoms with Crippen LogP contribution in [0.25, 0.3) is 22.3 Å². The molecule has 18 nitrogen and oxygen atoms in total. The Bertz CT molecular complexity index is 1740. The van der Waals surface area contributed by atoms with Gasteiger partial charge in [-0.25, -0.2) is 28.7 Å². The number of H-pyrrole nitrogens is 1. The number of nitrogen functional groups attached to an aromatic ring is 2. The number of aromatic nitrogens is 8. The minimum Gasteiger partial charge on any atom is -0.394 e. The first-order valence-corrected chi connectivity index (χ1v) is 14.8. The molecule has 4 aromatic heterocycles. The predicted octanol–water partition coefficient (Wildman–Crippen LogP) is -1.43. The maximum Gasteiger partial charge on any atom is 0.325 e. The summed E-state index contributed by atoms with van der Waals surface area (Å²) in [6.45, 7) is -5.77. The average molecular weight is 633 g/mol. The summed E-state index contributed by atoms with van der Waals surface area (Å²) < 4.78 is 54.7. The van der Waals surface area contributed by atoms with Gasteiger partial charge in [-0.3, -0.25) is 23.4 Å². The third-order valence-corrected chi connectivity index (χ3v) is 8.34. The first kappa shape index (κ1) is 28.8. The zero-order valence-corrected chi connectivity index (χ0v) is 22.8. The summed E-state index contributed by atoms with van der Waals surface area (Å²) >= 11 is 5.06. The first-order valence-electron chi connectivity index (χ1n) is 12.2. The summed E-state index contributed by atoms with van der Waals surface area (Å²) in [4.78, 5) is 45.1. The molecule has 0 saturated carbocycles. The zero-order chi connectivity index (χ0) is 29.9. The minimum absolute atomic E-state index is 0.0595. The van der Waals surface area contributed by atoms with E-state index in [-0.39, 0.29) is 34.1 Å². The van der Waals surface area contributed by atoms with Crippen LogP contribution in [0.1, 0.15) is 12.5 Å². The van der Waals surface area contributed by atoms with E-state index in [2.05, 4.69) is 29.9 Å². The van der Waals surface area contributed by atoms with Gasteiger partial charge in [-0.05, 0) is 11.8 Å². The van der Waals surface area contributed by atoms with Crippen molar-refractivity contribution in [3.63, 3.8) is 0 Å². The molecule has 0 amide bonds. The number of nitrogens with zero attached hydrogens (tertiary/aromatic N) is 7. The van der Waals surface area contributed by atoms with E-state index in [0.29, 0.717) is 0 Å². The quantitative estimate of drug-likeness (QED) is 0.122. The van der Waals surface area contributed by atoms with Gasteiger partial charge in [0.25, 0.3) is 5.56 Å². The Morgan fingerprint density at radius 3 is 2.48 bits per heavy atom. The van der Waals surface area contributed by atoms with Gasteiger partial charge in [0.1, 0.15) is 36.3 Å². The maximum atomic E-state index is 15.3. The molecule has 0 spiro atoms. The lowest BCUT2D eigenvalue weighted by atomic mass is 10.1. The summed E-state index contributed by atoms with van der Waals surface area (Å²) in [5.74, 6) is -0.195. The Hall–Kier alpha value is -3.27. The molecule has 6 rings (SSSR count). The Kier molecular flexibility index (Phi) is 7.40. The number of rotatable bonds is 8. The summed E-state index contributed by atoms with van der Waals surface area (Å²) in [5.41, 5.74) is 10.8. The molecule has 4 aromatic rings. The molecule has 0 bridgehead atoms. The van der Waals surface area contributed by atoms with Gasteiger partial charge in [0, 0.05) is 0 Å². The van der Waals surface area contributed by atoms with Crippen LogP contribution in [-0.2, 0) is 30.3 Å². The van der Waals surface area contributed by atoms with Crippen molar-refractivity contribution in [2.75, 3.05) is 24.7 Å². The normalized spacial score (nSPS) is 31.3. The van der Waals surface area contributed by atoms with E-state index in [1.165, 1.54) is 10.9 Å². The lowest BCUT2D eigenvalue weighted by molar-refractivity contribution is -0.0553. The van der Waals surface area contributed by atoms with E-state index < -0.39 is 74.7 Å². The summed E-state index contributed by atoms with van der Waals surface area (Å²) in [5, 5.41) is 20.1. The van der Waals surface area contributed by atoms with E-state index in [1.807, 2.05) is 0 Å². The smallest absolute Gasteiger partial charge is 0.325 e. The molecule has 42 heavy (non-hydrogen) atoms. The Labute approximate surface area is 237 Å². The Balaban J connectivity index is 1.19. The number of hydrogen-bond acceptors (Lipinski definition) is 15. The molecule has 8 N–H and O–H groups in total. The van der Waals surface area contributed by atoms with Crippen molar-refractivity contribution < 1.29 is 42.4 Å². The number of halogens is 2. The van der Waals surface area contributed by atoms with E-state index in [9.17, 15) is 19.9 Å². The van der Waals surface area contributed by atoms with Gasteiger partial charge in [-0.2, -0.15) is 4.98 Å². The summed E-state index contributed by atoms with van der Waals surface area (Å²) in [6.07, 6.45) is -9.52. The lowest BCUT2D eigenvalue weighted by Crippen LogP contribution is -2.33. The standard InChI is InChI=1S/C20H23F2N10O8PS/c21-8-6(1-33)38-19(32-5-28-11-16(32)29-20(24)30-17(11)35)13(8)40-41(36,42)37-2-7-12(34)9(22)18(39-7)31-4-27-10-14(23)25-3-26-15(10)31/h3-9,12-13,18-19,33-34H,1-2H2,(H,36,42)(H2,23,25,26)(H3,24,29,30,35)/t6-,7-,8-,9-,12-,13-,18?,19-,41?/m1/s1. The van der Waals surface area contributed by atoms with Crippen LogP contribution >= 0.6 is 6.72 Å². The predicted molar refractivity (Wildman–Crippen MR) is 140 cm³/mol. The van der Waals surface area contributed by atoms with Gasteiger partial charge < -0.3 is 40.6 Å². The second-order valence-corrected chi connectivity index (χ2v) is 12.2. The number of hydrogen-bond donors (Lipinski definition) is 6. The molecular weight excluding hydrogens is 609 g/mol. The van der Waals surface area contributed by atoms with Crippen molar-refractivity contribution >= 4 is 52.6 Å².